The van der Waals surface area contributed by atoms with Crippen LogP contribution in [0.15, 0.2) is 65.7 Å². The molecule has 2 aromatic heterocycles. The fourth-order valence-electron chi connectivity index (χ4n) is 3.47. The van der Waals surface area contributed by atoms with Crippen LogP contribution in [-0.2, 0) is 6.54 Å². The molecule has 0 bridgehead atoms. The van der Waals surface area contributed by atoms with Crippen molar-refractivity contribution in [3.63, 3.8) is 0 Å². The van der Waals surface area contributed by atoms with Gasteiger partial charge < -0.3 is 20.6 Å². The molecule has 0 saturated carbocycles. The molecule has 0 saturated heterocycles. The van der Waals surface area contributed by atoms with Gasteiger partial charge in [-0.2, -0.15) is 0 Å². The van der Waals surface area contributed by atoms with Crippen LogP contribution in [-0.4, -0.2) is 43.7 Å². The summed E-state index contributed by atoms with van der Waals surface area (Å²) in [5.41, 5.74) is 2.11. The van der Waals surface area contributed by atoms with Crippen LogP contribution in [0.5, 0.6) is 0 Å². The summed E-state index contributed by atoms with van der Waals surface area (Å²) in [6.07, 6.45) is -0.599. The van der Waals surface area contributed by atoms with Gasteiger partial charge in [-0.3, -0.25) is 4.99 Å². The molecular weight excluding hydrogens is 533 g/mol. The molecule has 0 radical (unpaired) electrons. The average molecular weight is 561 g/mol. The molecule has 32 heavy (non-hydrogen) atoms. The molecule has 0 spiro atoms. The molecule has 1 unspecified atom stereocenters. The zero-order valence-electron chi connectivity index (χ0n) is 18.4. The average Bonchev–Trinajstić information content (AvgIpc) is 3.23. The van der Waals surface area contributed by atoms with E-state index in [1.54, 1.807) is 18.4 Å². The summed E-state index contributed by atoms with van der Waals surface area (Å²) in [5.74, 6) is 1.56. The number of anilines is 1. The number of para-hydroxylation sites is 1. The predicted octanol–water partition coefficient (Wildman–Crippen LogP) is 4.53. The molecule has 0 aliphatic heterocycles. The van der Waals surface area contributed by atoms with Gasteiger partial charge in [-0.1, -0.05) is 36.4 Å². The highest BCUT2D eigenvalue weighted by Gasteiger charge is 2.13. The van der Waals surface area contributed by atoms with Gasteiger partial charge in [0, 0.05) is 49.2 Å². The summed E-state index contributed by atoms with van der Waals surface area (Å²) in [5, 5.41) is 19.5. The molecule has 1 atom stereocenters. The van der Waals surface area contributed by atoms with Gasteiger partial charge in [0.05, 0.1) is 5.52 Å². The number of hydrogen-bond donors (Lipinski definition) is 3. The van der Waals surface area contributed by atoms with Gasteiger partial charge in [0.15, 0.2) is 5.96 Å². The Hall–Kier alpha value is -2.43. The first-order chi connectivity index (χ1) is 15.0. The smallest absolute Gasteiger partial charge is 0.191 e. The Bertz CT molecular complexity index is 1190. The number of aliphatic imine (C=N–C) groups is 1. The summed E-state index contributed by atoms with van der Waals surface area (Å²) in [6, 6.07) is 20.5. The van der Waals surface area contributed by atoms with Gasteiger partial charge in [-0.15, -0.1) is 35.3 Å². The van der Waals surface area contributed by atoms with Crippen LogP contribution >= 0.6 is 35.3 Å². The first-order valence-corrected chi connectivity index (χ1v) is 11.0. The highest BCUT2D eigenvalue weighted by Crippen LogP contribution is 2.29. The number of aliphatic hydroxyl groups is 1. The number of guanidine groups is 1. The third kappa shape index (κ3) is 5.48. The SMILES string of the molecule is CN=C(NCc1cc(N(C)C)nc2ccccc12)NCC(O)c1cc2ccccc2s1.I. The highest BCUT2D eigenvalue weighted by molar-refractivity contribution is 14.0. The fraction of sp³-hybridized carbons (Fsp3) is 0.250. The van der Waals surface area contributed by atoms with Crippen LogP contribution in [0.25, 0.3) is 21.0 Å². The lowest BCUT2D eigenvalue weighted by atomic mass is 10.1. The Morgan fingerprint density at radius 3 is 2.59 bits per heavy atom. The lowest BCUT2D eigenvalue weighted by Gasteiger charge is -2.17. The van der Waals surface area contributed by atoms with Crippen LogP contribution in [0, 0.1) is 0 Å². The van der Waals surface area contributed by atoms with Gasteiger partial charge in [-0.25, -0.2) is 4.98 Å². The monoisotopic (exact) mass is 561 g/mol. The van der Waals surface area contributed by atoms with Crippen molar-refractivity contribution in [3.05, 3.63) is 71.1 Å². The number of nitrogens with one attached hydrogen (secondary N) is 2. The number of thiophene rings is 1. The van der Waals surface area contributed by atoms with Crippen LogP contribution in [0.3, 0.4) is 0 Å². The van der Waals surface area contributed by atoms with E-state index in [2.05, 4.69) is 46.0 Å². The Morgan fingerprint density at radius 2 is 1.84 bits per heavy atom. The fourth-order valence-corrected chi connectivity index (χ4v) is 4.52. The van der Waals surface area contributed by atoms with E-state index in [0.717, 1.165) is 32.5 Å². The molecule has 0 aliphatic carbocycles. The number of rotatable bonds is 6. The van der Waals surface area contributed by atoms with E-state index in [4.69, 9.17) is 4.98 Å². The minimum absolute atomic E-state index is 0. The maximum absolute atomic E-state index is 10.6. The van der Waals surface area contributed by atoms with E-state index in [9.17, 15) is 5.11 Å². The van der Waals surface area contributed by atoms with Gasteiger partial charge in [0.2, 0.25) is 0 Å². The van der Waals surface area contributed by atoms with Crippen LogP contribution < -0.4 is 15.5 Å². The first-order valence-electron chi connectivity index (χ1n) is 10.2. The van der Waals surface area contributed by atoms with Crippen molar-refractivity contribution < 1.29 is 5.11 Å². The quantitative estimate of drug-likeness (QED) is 0.183. The van der Waals surface area contributed by atoms with Crippen molar-refractivity contribution in [2.75, 3.05) is 32.6 Å². The number of aromatic nitrogens is 1. The van der Waals surface area contributed by atoms with Gasteiger partial charge >= 0.3 is 0 Å². The molecule has 168 valence electrons. The second-order valence-corrected chi connectivity index (χ2v) is 8.68. The van der Waals surface area contributed by atoms with Crippen molar-refractivity contribution in [1.29, 1.82) is 0 Å². The van der Waals surface area contributed by atoms with Crippen molar-refractivity contribution in [1.82, 2.24) is 15.6 Å². The molecule has 0 fully saturated rings. The lowest BCUT2D eigenvalue weighted by Crippen LogP contribution is -2.39. The first kappa shape index (κ1) is 24.2. The Balaban J connectivity index is 0.00000289. The van der Waals surface area contributed by atoms with Crippen molar-refractivity contribution in [2.24, 2.45) is 4.99 Å². The summed E-state index contributed by atoms with van der Waals surface area (Å²) in [4.78, 5) is 12.0. The molecule has 2 aromatic carbocycles. The topological polar surface area (TPSA) is 72.8 Å². The standard InChI is InChI=1S/C24H27N5OS.HI/c1-25-24(27-15-20(30)22-12-16-8-4-7-11-21(16)31-22)26-14-17-13-23(29(2)3)28-19-10-6-5-9-18(17)19;/h4-13,20,30H,14-15H2,1-3H3,(H2,25,26,27);1H. The summed E-state index contributed by atoms with van der Waals surface area (Å²) in [6.45, 7) is 0.981. The molecule has 4 rings (SSSR count). The van der Waals surface area contributed by atoms with E-state index in [1.807, 2.05) is 49.3 Å². The van der Waals surface area contributed by atoms with Gasteiger partial charge in [0.25, 0.3) is 0 Å². The van der Waals surface area contributed by atoms with Crippen molar-refractivity contribution in [3.8, 4) is 0 Å². The maximum Gasteiger partial charge on any atom is 0.191 e. The molecule has 2 heterocycles. The minimum atomic E-state index is -0.599. The van der Waals surface area contributed by atoms with E-state index < -0.39 is 6.10 Å². The number of halogens is 1. The summed E-state index contributed by atoms with van der Waals surface area (Å²) >= 11 is 1.62. The molecule has 4 aromatic rings. The van der Waals surface area contributed by atoms with E-state index in [-0.39, 0.29) is 24.0 Å². The van der Waals surface area contributed by atoms with E-state index in [0.29, 0.717) is 19.0 Å². The largest absolute Gasteiger partial charge is 0.386 e. The molecule has 6 nitrogen and oxygen atoms in total. The summed E-state index contributed by atoms with van der Waals surface area (Å²) < 4.78 is 1.18. The third-order valence-electron chi connectivity index (χ3n) is 5.15. The second kappa shape index (κ2) is 10.9. The predicted molar refractivity (Wildman–Crippen MR) is 146 cm³/mol. The van der Waals surface area contributed by atoms with Gasteiger partial charge in [-0.05, 0) is 35.2 Å². The number of fused-ring (bicyclic) bond motifs is 2. The Morgan fingerprint density at radius 1 is 1.09 bits per heavy atom. The van der Waals surface area contributed by atoms with Crippen molar-refractivity contribution >= 4 is 68.1 Å². The number of pyridine rings is 1. The lowest BCUT2D eigenvalue weighted by molar-refractivity contribution is 0.184. The van der Waals surface area contributed by atoms with Gasteiger partial charge in [0.1, 0.15) is 11.9 Å². The maximum atomic E-state index is 10.6. The number of benzene rings is 2. The molecule has 0 aliphatic rings. The zero-order chi connectivity index (χ0) is 21.8. The summed E-state index contributed by atoms with van der Waals surface area (Å²) in [7, 11) is 5.71. The van der Waals surface area contributed by atoms with E-state index >= 15 is 0 Å². The Kier molecular flexibility index (Phi) is 8.27. The molecular formula is C24H28IN5OS. The molecule has 3 N–H and O–H groups in total. The number of nitrogens with zero attached hydrogens (tertiary/aromatic N) is 3. The zero-order valence-corrected chi connectivity index (χ0v) is 21.5. The van der Waals surface area contributed by atoms with Crippen LogP contribution in [0.4, 0.5) is 5.82 Å². The normalized spacial score (nSPS) is 12.4. The van der Waals surface area contributed by atoms with Crippen LogP contribution in [0.1, 0.15) is 16.5 Å². The molecule has 0 amide bonds. The number of aliphatic hydroxyl groups excluding tert-OH is 1. The highest BCUT2D eigenvalue weighted by atomic mass is 127. The molecule has 8 heteroatoms. The van der Waals surface area contributed by atoms with E-state index in [1.165, 1.54) is 4.70 Å². The number of hydrogen-bond acceptors (Lipinski definition) is 5. The van der Waals surface area contributed by atoms with Crippen molar-refractivity contribution in [2.45, 2.75) is 12.6 Å². The second-order valence-electron chi connectivity index (χ2n) is 7.56. The minimum Gasteiger partial charge on any atom is -0.386 e. The third-order valence-corrected chi connectivity index (χ3v) is 6.37. The van der Waals surface area contributed by atoms with Crippen LogP contribution in [0.2, 0.25) is 0 Å². The Labute approximate surface area is 209 Å².